The smallest absolute Gasteiger partial charge is 0.397 e. The molecule has 5 saturated heterocycles. The van der Waals surface area contributed by atoms with E-state index in [-0.39, 0.29) is 38.3 Å². The van der Waals surface area contributed by atoms with Crippen molar-refractivity contribution in [3.8, 4) is 0 Å². The van der Waals surface area contributed by atoms with Crippen molar-refractivity contribution in [1.82, 2.24) is 0 Å². The molecule has 0 bridgehead atoms. The van der Waals surface area contributed by atoms with Gasteiger partial charge in [0.25, 0.3) is 6.47 Å². The van der Waals surface area contributed by atoms with Gasteiger partial charge < -0.3 is 78.0 Å². The maximum atomic E-state index is 12.2. The Hall–Kier alpha value is -1.75. The fourth-order valence-electron chi connectivity index (χ4n) is 7.44. The van der Waals surface area contributed by atoms with E-state index in [2.05, 4.69) is 0 Å². The average Bonchev–Trinajstić information content (AvgIpc) is 3.08. The quantitative estimate of drug-likeness (QED) is 0.0757. The molecule has 22 nitrogen and oxygen atoms in total. The molecule has 21 atom stereocenters. The van der Waals surface area contributed by atoms with Crippen LogP contribution in [0.2, 0.25) is 0 Å². The number of hydrogen-bond acceptors (Lipinski definition) is 20. The van der Waals surface area contributed by atoms with Crippen molar-refractivity contribution >= 4 is 22.8 Å². The van der Waals surface area contributed by atoms with Gasteiger partial charge in [0.2, 0.25) is 6.29 Å². The lowest BCUT2D eigenvalue weighted by molar-refractivity contribution is -0.380. The average molecular weight is 821 g/mol. The van der Waals surface area contributed by atoms with Crippen molar-refractivity contribution in [3.63, 3.8) is 0 Å². The predicted molar refractivity (Wildman–Crippen MR) is 174 cm³/mol. The summed E-state index contributed by atoms with van der Waals surface area (Å²) < 4.78 is 95.1. The SMILES string of the molecule is CC1O[C@H](O[C@@H]2C(OC=O)O[C@@H](O[C@@H]3C(C)O[C@H](C)C[C@H]3O)C(OS(=O)(=O)O)[C@H]2O)CC[C@@H]1O[C@@H]1O[C@@H](C(=O)O)[C@@H](O[C@@H]2C[C@@H](O)[C@H](O)[C@H](C)O2)[C@H](O)C1C. The summed E-state index contributed by atoms with van der Waals surface area (Å²) in [7, 11) is -5.25. The molecule has 318 valence electrons. The first-order valence-electron chi connectivity index (χ1n) is 18.0. The van der Waals surface area contributed by atoms with E-state index in [0.29, 0.717) is 0 Å². The van der Waals surface area contributed by atoms with Gasteiger partial charge in [-0.2, -0.15) is 8.42 Å². The van der Waals surface area contributed by atoms with Crippen LogP contribution in [0.3, 0.4) is 0 Å². The van der Waals surface area contributed by atoms with Crippen molar-refractivity contribution in [2.24, 2.45) is 5.92 Å². The summed E-state index contributed by atoms with van der Waals surface area (Å²) in [4.78, 5) is 23.7. The van der Waals surface area contributed by atoms with Crippen LogP contribution in [0, 0.1) is 5.92 Å². The zero-order chi connectivity index (χ0) is 40.5. The molecular formula is C32H52O22S. The number of rotatable bonds is 13. The van der Waals surface area contributed by atoms with Gasteiger partial charge >= 0.3 is 16.4 Å². The molecule has 0 aromatic heterocycles. The van der Waals surface area contributed by atoms with Gasteiger partial charge in [0, 0.05) is 25.2 Å². The lowest BCUT2D eigenvalue weighted by Gasteiger charge is -2.47. The molecule has 5 heterocycles. The molecule has 5 rings (SSSR count). The number of ether oxygens (including phenoxy) is 10. The van der Waals surface area contributed by atoms with Crippen LogP contribution >= 0.6 is 0 Å². The Morgan fingerprint density at radius 3 is 1.93 bits per heavy atom. The summed E-state index contributed by atoms with van der Waals surface area (Å²) in [5, 5.41) is 63.2. The van der Waals surface area contributed by atoms with Crippen molar-refractivity contribution < 1.29 is 105 Å². The highest BCUT2D eigenvalue weighted by Crippen LogP contribution is 2.37. The van der Waals surface area contributed by atoms with Gasteiger partial charge in [0.05, 0.1) is 48.8 Å². The fourth-order valence-corrected chi connectivity index (χ4v) is 7.92. The Labute approximate surface area is 316 Å². The topological polar surface area (TPSA) is 311 Å². The standard InChI is InChI=1S/C32H52O22S/c1-11-8-17(35)24(15(5)45-11)51-32-27(54-55(41,42)43)23(38)26(31(53-32)44-10-33)49-19-7-6-18(13(3)46-19)48-30-12(2)21(36)25(28(52-30)29(39)40)50-20-9-16(34)22(37)14(4)47-20/h10-28,30-32,34-38H,6-9H2,1-5H3,(H,39,40)(H,41,42,43)/t11-,12?,13?,14+,15?,16-,17-,18+,19-,20-,21-,22-,23+,24-,25+,26+,27?,28-,30-,31?,32-/m1/s1. The normalized spacial score (nSPS) is 48.5. The molecule has 0 saturated carbocycles. The molecule has 0 spiro atoms. The first-order valence-corrected chi connectivity index (χ1v) is 19.4. The van der Waals surface area contributed by atoms with E-state index >= 15 is 0 Å². The second-order valence-electron chi connectivity index (χ2n) is 14.5. The van der Waals surface area contributed by atoms with E-state index in [1.807, 2.05) is 0 Å². The third-order valence-electron chi connectivity index (χ3n) is 10.4. The molecule has 55 heavy (non-hydrogen) atoms. The number of aliphatic hydroxyl groups excluding tert-OH is 5. The number of carboxylic acid groups (broad SMARTS) is 1. The predicted octanol–water partition coefficient (Wildman–Crippen LogP) is -2.32. The Morgan fingerprint density at radius 2 is 1.33 bits per heavy atom. The molecule has 5 aliphatic heterocycles. The summed E-state index contributed by atoms with van der Waals surface area (Å²) in [6, 6.07) is 0. The van der Waals surface area contributed by atoms with Crippen LogP contribution in [0.1, 0.15) is 60.3 Å². The molecule has 0 amide bonds. The van der Waals surface area contributed by atoms with Gasteiger partial charge in [0.15, 0.2) is 43.5 Å². The minimum Gasteiger partial charge on any atom is -0.479 e. The molecule has 0 radical (unpaired) electrons. The Morgan fingerprint density at radius 1 is 0.655 bits per heavy atom. The monoisotopic (exact) mass is 820 g/mol. The highest BCUT2D eigenvalue weighted by molar-refractivity contribution is 7.80. The highest BCUT2D eigenvalue weighted by Gasteiger charge is 2.54. The van der Waals surface area contributed by atoms with Crippen LogP contribution in [-0.4, -0.2) is 179 Å². The van der Waals surface area contributed by atoms with Gasteiger partial charge in [0.1, 0.15) is 24.4 Å². The number of hydrogen-bond donors (Lipinski definition) is 7. The van der Waals surface area contributed by atoms with Gasteiger partial charge in [-0.15, -0.1) is 0 Å². The van der Waals surface area contributed by atoms with E-state index in [9.17, 15) is 53.2 Å². The van der Waals surface area contributed by atoms with Crippen molar-refractivity contribution in [1.29, 1.82) is 0 Å². The molecular weight excluding hydrogens is 768 g/mol. The van der Waals surface area contributed by atoms with E-state index in [0.717, 1.165) is 0 Å². The van der Waals surface area contributed by atoms with Gasteiger partial charge in [-0.05, 0) is 34.1 Å². The fraction of sp³-hybridized carbons (Fsp3) is 0.938. The van der Waals surface area contributed by atoms with E-state index in [1.165, 1.54) is 6.92 Å². The Bertz CT molecular complexity index is 1370. The largest absolute Gasteiger partial charge is 0.479 e. The lowest BCUT2D eigenvalue weighted by atomic mass is 9.91. The van der Waals surface area contributed by atoms with E-state index in [1.54, 1.807) is 27.7 Å². The van der Waals surface area contributed by atoms with Crippen LogP contribution in [0.25, 0.3) is 0 Å². The van der Waals surface area contributed by atoms with Gasteiger partial charge in [-0.25, -0.2) is 8.98 Å². The van der Waals surface area contributed by atoms with Crippen LogP contribution in [0.15, 0.2) is 0 Å². The second kappa shape index (κ2) is 18.4. The molecule has 0 aliphatic carbocycles. The summed E-state index contributed by atoms with van der Waals surface area (Å²) in [6.45, 7) is 7.94. The Kier molecular flexibility index (Phi) is 14.9. The number of carbonyl (C=O) groups excluding carboxylic acids is 1. The molecule has 23 heteroatoms. The van der Waals surface area contributed by atoms with Crippen LogP contribution in [0.4, 0.5) is 0 Å². The third kappa shape index (κ3) is 10.7. The number of aliphatic carboxylic acids is 1. The molecule has 7 N–H and O–H groups in total. The summed E-state index contributed by atoms with van der Waals surface area (Å²) in [5.74, 6) is -2.32. The van der Waals surface area contributed by atoms with Crippen molar-refractivity contribution in [3.05, 3.63) is 0 Å². The van der Waals surface area contributed by atoms with Crippen molar-refractivity contribution in [2.45, 2.75) is 183 Å². The molecule has 5 aliphatic rings. The number of carbonyl (C=O) groups is 2. The zero-order valence-corrected chi connectivity index (χ0v) is 31.5. The van der Waals surface area contributed by atoms with Crippen LogP contribution in [-0.2, 0) is 71.5 Å². The maximum absolute atomic E-state index is 12.2. The number of carboxylic acids is 1. The molecule has 0 aromatic rings. The van der Waals surface area contributed by atoms with Crippen molar-refractivity contribution in [2.75, 3.05) is 0 Å². The molecule has 0 aromatic carbocycles. The van der Waals surface area contributed by atoms with Gasteiger partial charge in [-0.3, -0.25) is 9.35 Å². The number of aliphatic hydroxyl groups is 5. The van der Waals surface area contributed by atoms with Crippen LogP contribution in [0.5, 0.6) is 0 Å². The summed E-state index contributed by atoms with van der Waals surface area (Å²) in [6.07, 6.45) is -25.3. The van der Waals surface area contributed by atoms with Gasteiger partial charge in [-0.1, -0.05) is 6.92 Å². The summed E-state index contributed by atoms with van der Waals surface area (Å²) >= 11 is 0. The summed E-state index contributed by atoms with van der Waals surface area (Å²) in [5.41, 5.74) is 0. The van der Waals surface area contributed by atoms with E-state index < -0.39 is 139 Å². The molecule has 5 fully saturated rings. The van der Waals surface area contributed by atoms with E-state index in [4.69, 9.17) is 51.6 Å². The maximum Gasteiger partial charge on any atom is 0.397 e. The first kappa shape index (κ1) is 44.4. The minimum atomic E-state index is -5.25. The van der Waals surface area contributed by atoms with Crippen LogP contribution < -0.4 is 0 Å². The zero-order valence-electron chi connectivity index (χ0n) is 30.7. The third-order valence-corrected chi connectivity index (χ3v) is 10.8. The first-order chi connectivity index (χ1) is 25.8. The minimum absolute atomic E-state index is 0.0118. The molecule has 5 unspecified atom stereocenters. The highest BCUT2D eigenvalue weighted by atomic mass is 32.3. The Balaban J connectivity index is 1.22. The lowest BCUT2D eigenvalue weighted by Crippen LogP contribution is -2.63. The second-order valence-corrected chi connectivity index (χ2v) is 15.6.